The first kappa shape index (κ1) is 17.9. The molecule has 1 heterocycles. The van der Waals surface area contributed by atoms with Crippen LogP contribution in [0, 0.1) is 12.3 Å². The number of hydrogen-bond acceptors (Lipinski definition) is 5. The Bertz CT molecular complexity index is 956. The second-order valence-electron chi connectivity index (χ2n) is 5.82. The summed E-state index contributed by atoms with van der Waals surface area (Å²) in [5.74, 6) is 1.35. The van der Waals surface area contributed by atoms with Crippen molar-refractivity contribution in [3.05, 3.63) is 75.5 Å². The summed E-state index contributed by atoms with van der Waals surface area (Å²) in [6.07, 6.45) is 1.85. The van der Waals surface area contributed by atoms with Crippen LogP contribution in [0.2, 0.25) is 0 Å². The molecule has 1 N–H and O–H groups in total. The SMILES string of the molecule is COc1ccc(C(=O)C(c2ccc(OC)cc2)n2cc(C)sc2=N)cc1. The van der Waals surface area contributed by atoms with Crippen molar-refractivity contribution in [3.63, 3.8) is 0 Å². The number of rotatable bonds is 6. The van der Waals surface area contributed by atoms with Crippen LogP contribution in [-0.4, -0.2) is 24.6 Å². The van der Waals surface area contributed by atoms with E-state index in [1.165, 1.54) is 11.3 Å². The van der Waals surface area contributed by atoms with E-state index in [1.807, 2.05) is 37.4 Å². The molecule has 0 aliphatic heterocycles. The fourth-order valence-electron chi connectivity index (χ4n) is 2.82. The third kappa shape index (κ3) is 3.55. The number of methoxy groups -OCH3 is 2. The molecule has 1 atom stereocenters. The Balaban J connectivity index is 2.08. The van der Waals surface area contributed by atoms with Crippen molar-refractivity contribution in [2.45, 2.75) is 13.0 Å². The van der Waals surface area contributed by atoms with Gasteiger partial charge in [-0.05, 0) is 48.9 Å². The summed E-state index contributed by atoms with van der Waals surface area (Å²) in [6.45, 7) is 1.93. The van der Waals surface area contributed by atoms with Gasteiger partial charge in [-0.25, -0.2) is 0 Å². The van der Waals surface area contributed by atoms with Gasteiger partial charge in [0.05, 0.1) is 14.2 Å². The first-order valence-corrected chi connectivity index (χ1v) is 8.90. The molecule has 0 fully saturated rings. The topological polar surface area (TPSA) is 64.3 Å². The van der Waals surface area contributed by atoms with E-state index < -0.39 is 6.04 Å². The number of carbonyl (C=O) groups excluding carboxylic acids is 1. The van der Waals surface area contributed by atoms with Gasteiger partial charge in [0.2, 0.25) is 0 Å². The van der Waals surface area contributed by atoms with Crippen molar-refractivity contribution in [3.8, 4) is 11.5 Å². The van der Waals surface area contributed by atoms with Gasteiger partial charge >= 0.3 is 0 Å². The summed E-state index contributed by atoms with van der Waals surface area (Å²) in [4.78, 5) is 14.6. The number of thiazole rings is 1. The molecule has 26 heavy (non-hydrogen) atoms. The molecular weight excluding hydrogens is 348 g/mol. The highest BCUT2D eigenvalue weighted by Gasteiger charge is 2.25. The van der Waals surface area contributed by atoms with Crippen LogP contribution in [-0.2, 0) is 0 Å². The van der Waals surface area contributed by atoms with Crippen LogP contribution in [0.3, 0.4) is 0 Å². The van der Waals surface area contributed by atoms with Crippen LogP contribution in [0.4, 0.5) is 0 Å². The Kier molecular flexibility index (Phi) is 5.23. The van der Waals surface area contributed by atoms with Gasteiger partial charge in [0.15, 0.2) is 10.6 Å². The van der Waals surface area contributed by atoms with E-state index in [4.69, 9.17) is 14.9 Å². The molecule has 5 nitrogen and oxygen atoms in total. The largest absolute Gasteiger partial charge is 0.497 e. The number of Topliss-reactive ketones (excluding diaryl/α,β-unsaturated/α-hetero) is 1. The predicted molar refractivity (Wildman–Crippen MR) is 101 cm³/mol. The van der Waals surface area contributed by atoms with Gasteiger partial charge in [0.25, 0.3) is 0 Å². The number of ether oxygens (including phenoxy) is 2. The summed E-state index contributed by atoms with van der Waals surface area (Å²) in [5.41, 5.74) is 1.38. The molecule has 3 rings (SSSR count). The molecular formula is C20H20N2O3S. The lowest BCUT2D eigenvalue weighted by Gasteiger charge is -2.19. The summed E-state index contributed by atoms with van der Waals surface area (Å²) in [7, 11) is 3.20. The zero-order valence-electron chi connectivity index (χ0n) is 14.9. The maximum atomic E-state index is 13.3. The number of hydrogen-bond donors (Lipinski definition) is 1. The second kappa shape index (κ2) is 7.58. The molecule has 0 radical (unpaired) electrons. The van der Waals surface area contributed by atoms with Crippen LogP contribution in [0.5, 0.6) is 11.5 Å². The normalized spacial score (nSPS) is 11.8. The van der Waals surface area contributed by atoms with Crippen molar-refractivity contribution < 1.29 is 14.3 Å². The van der Waals surface area contributed by atoms with E-state index in [9.17, 15) is 4.79 Å². The molecule has 134 valence electrons. The highest BCUT2D eigenvalue weighted by Crippen LogP contribution is 2.26. The number of nitrogens with zero attached hydrogens (tertiary/aromatic N) is 1. The van der Waals surface area contributed by atoms with Gasteiger partial charge in [0.1, 0.15) is 17.5 Å². The van der Waals surface area contributed by atoms with E-state index in [1.54, 1.807) is 43.1 Å². The molecule has 0 aliphatic carbocycles. The van der Waals surface area contributed by atoms with Gasteiger partial charge in [-0.2, -0.15) is 0 Å². The van der Waals surface area contributed by atoms with Gasteiger partial charge in [-0.3, -0.25) is 10.2 Å². The van der Waals surface area contributed by atoms with E-state index >= 15 is 0 Å². The Morgan fingerprint density at radius 3 is 2.00 bits per heavy atom. The summed E-state index contributed by atoms with van der Waals surface area (Å²) in [6, 6.07) is 13.8. The van der Waals surface area contributed by atoms with Gasteiger partial charge in [0, 0.05) is 16.6 Å². The lowest BCUT2D eigenvalue weighted by atomic mass is 9.97. The van der Waals surface area contributed by atoms with Gasteiger partial charge in [-0.15, -0.1) is 11.3 Å². The molecule has 0 amide bonds. The molecule has 0 bridgehead atoms. The molecule has 2 aromatic carbocycles. The molecule has 1 aromatic heterocycles. The van der Waals surface area contributed by atoms with E-state index in [2.05, 4.69) is 0 Å². The van der Waals surface area contributed by atoms with E-state index in [0.29, 0.717) is 16.1 Å². The zero-order valence-corrected chi connectivity index (χ0v) is 15.7. The highest BCUT2D eigenvalue weighted by molar-refractivity contribution is 7.09. The van der Waals surface area contributed by atoms with Crippen molar-refractivity contribution in [2.24, 2.45) is 0 Å². The molecule has 0 aliphatic rings. The summed E-state index contributed by atoms with van der Waals surface area (Å²) >= 11 is 1.35. The smallest absolute Gasteiger partial charge is 0.190 e. The summed E-state index contributed by atoms with van der Waals surface area (Å²) in [5, 5.41) is 8.25. The van der Waals surface area contributed by atoms with Gasteiger partial charge in [-0.1, -0.05) is 12.1 Å². The Hall–Kier alpha value is -2.86. The maximum absolute atomic E-state index is 13.3. The van der Waals surface area contributed by atoms with Crippen LogP contribution >= 0.6 is 11.3 Å². The average Bonchev–Trinajstić information content (AvgIpc) is 3.00. The quantitative estimate of drug-likeness (QED) is 0.673. The fraction of sp³-hybridized carbons (Fsp3) is 0.200. The minimum Gasteiger partial charge on any atom is -0.497 e. The molecule has 6 heteroatoms. The fourth-order valence-corrected chi connectivity index (χ4v) is 3.55. The molecule has 0 saturated heterocycles. The van der Waals surface area contributed by atoms with Crippen LogP contribution in [0.1, 0.15) is 26.8 Å². The minimum absolute atomic E-state index is 0.0749. The third-order valence-corrected chi connectivity index (χ3v) is 4.98. The number of carbonyl (C=O) groups is 1. The molecule has 0 spiro atoms. The first-order valence-electron chi connectivity index (χ1n) is 8.09. The number of aromatic nitrogens is 1. The Morgan fingerprint density at radius 2 is 1.54 bits per heavy atom. The van der Waals surface area contributed by atoms with Crippen molar-refractivity contribution >= 4 is 17.1 Å². The van der Waals surface area contributed by atoms with Crippen molar-refractivity contribution in [1.82, 2.24) is 4.57 Å². The maximum Gasteiger partial charge on any atom is 0.190 e. The predicted octanol–water partition coefficient (Wildman–Crippen LogP) is 3.83. The average molecular weight is 368 g/mol. The van der Waals surface area contributed by atoms with Crippen LogP contribution in [0.15, 0.2) is 54.7 Å². The standard InChI is InChI=1S/C20H20N2O3S/c1-13-12-22(20(21)26-13)18(14-4-8-16(24-2)9-5-14)19(23)15-6-10-17(25-3)11-7-15/h4-12,18,21H,1-3H3. The monoisotopic (exact) mass is 368 g/mol. The molecule has 0 saturated carbocycles. The third-order valence-electron chi connectivity index (χ3n) is 4.15. The zero-order chi connectivity index (χ0) is 18.7. The van der Waals surface area contributed by atoms with Crippen molar-refractivity contribution in [1.29, 1.82) is 5.41 Å². The second-order valence-corrected chi connectivity index (χ2v) is 7.06. The number of aryl methyl sites for hydroxylation is 1. The van der Waals surface area contributed by atoms with E-state index in [-0.39, 0.29) is 5.78 Å². The van der Waals surface area contributed by atoms with Crippen LogP contribution < -0.4 is 14.3 Å². The minimum atomic E-state index is -0.605. The highest BCUT2D eigenvalue weighted by atomic mass is 32.1. The lowest BCUT2D eigenvalue weighted by molar-refractivity contribution is 0.0944. The molecule has 1 unspecified atom stereocenters. The number of ketones is 1. The van der Waals surface area contributed by atoms with Gasteiger partial charge < -0.3 is 14.0 Å². The lowest BCUT2D eigenvalue weighted by Crippen LogP contribution is -2.27. The Labute approximate surface area is 156 Å². The number of benzene rings is 2. The summed E-state index contributed by atoms with van der Waals surface area (Å²) < 4.78 is 12.1. The molecule has 3 aromatic rings. The Morgan fingerprint density at radius 1 is 1.00 bits per heavy atom. The number of nitrogens with one attached hydrogen (secondary N) is 1. The van der Waals surface area contributed by atoms with Crippen molar-refractivity contribution in [2.75, 3.05) is 14.2 Å². The van der Waals surface area contributed by atoms with Crippen LogP contribution in [0.25, 0.3) is 0 Å². The van der Waals surface area contributed by atoms with E-state index in [0.717, 1.165) is 16.2 Å². The first-order chi connectivity index (χ1) is 12.5.